The summed E-state index contributed by atoms with van der Waals surface area (Å²) in [6, 6.07) is 27.4. The number of carbonyl (C=O) groups is 1. The van der Waals surface area contributed by atoms with E-state index in [1.165, 1.54) is 11.8 Å². The van der Waals surface area contributed by atoms with Gasteiger partial charge in [-0.3, -0.25) is 4.79 Å². The minimum absolute atomic E-state index is 0.0150. The van der Waals surface area contributed by atoms with Gasteiger partial charge in [0.25, 0.3) is 0 Å². The van der Waals surface area contributed by atoms with Crippen LogP contribution < -0.4 is 14.2 Å². The normalized spacial score (nSPS) is 10.5. The molecule has 0 saturated carbocycles. The molecule has 0 radical (unpaired) electrons. The molecule has 5 nitrogen and oxygen atoms in total. The Morgan fingerprint density at radius 2 is 1.44 bits per heavy atom. The number of thioether (sulfide) groups is 1. The number of carboxylic acids is 1. The van der Waals surface area contributed by atoms with Gasteiger partial charge in [-0.15, -0.1) is 11.8 Å². The number of halogens is 1. The zero-order valence-corrected chi connectivity index (χ0v) is 19.8. The van der Waals surface area contributed by atoms with Crippen molar-refractivity contribution in [2.45, 2.75) is 11.8 Å². The van der Waals surface area contributed by atoms with E-state index < -0.39 is 5.97 Å². The average molecular weight is 493 g/mol. The Morgan fingerprint density at radius 1 is 0.765 bits per heavy atom. The second kappa shape index (κ2) is 11.0. The maximum absolute atomic E-state index is 10.8. The highest BCUT2D eigenvalue weighted by Gasteiger charge is 2.11. The van der Waals surface area contributed by atoms with Crippen LogP contribution in [0, 0.1) is 6.92 Å². The first-order valence-corrected chi connectivity index (χ1v) is 11.8. The largest absolute Gasteiger partial charge is 0.481 e. The van der Waals surface area contributed by atoms with Crippen LogP contribution >= 0.6 is 23.4 Å². The highest BCUT2D eigenvalue weighted by molar-refractivity contribution is 8.00. The third-order valence-electron chi connectivity index (χ3n) is 4.64. The van der Waals surface area contributed by atoms with E-state index in [1.54, 1.807) is 24.3 Å². The van der Waals surface area contributed by atoms with Crippen LogP contribution in [0.5, 0.6) is 34.5 Å². The molecule has 0 unspecified atom stereocenters. The molecule has 4 rings (SSSR count). The number of aliphatic carboxylic acids is 1. The summed E-state index contributed by atoms with van der Waals surface area (Å²) in [6.07, 6.45) is 0. The van der Waals surface area contributed by atoms with Crippen molar-refractivity contribution in [3.8, 4) is 34.5 Å². The van der Waals surface area contributed by atoms with E-state index in [9.17, 15) is 4.79 Å². The summed E-state index contributed by atoms with van der Waals surface area (Å²) in [5.41, 5.74) is 0.944. The monoisotopic (exact) mass is 492 g/mol. The number of hydrogen-bond donors (Lipinski definition) is 1. The molecule has 0 aliphatic rings. The van der Waals surface area contributed by atoms with E-state index in [0.717, 1.165) is 10.5 Å². The minimum Gasteiger partial charge on any atom is -0.481 e. The molecule has 0 aliphatic carbocycles. The Morgan fingerprint density at radius 3 is 2.18 bits per heavy atom. The molecule has 1 N–H and O–H groups in total. The van der Waals surface area contributed by atoms with Crippen LogP contribution in [-0.4, -0.2) is 16.8 Å². The van der Waals surface area contributed by atoms with Crippen LogP contribution in [0.15, 0.2) is 95.9 Å². The third kappa shape index (κ3) is 6.47. The number of carboxylic acid groups (broad SMARTS) is 1. The number of aryl methyl sites for hydroxylation is 1. The first-order valence-electron chi connectivity index (χ1n) is 10.4. The van der Waals surface area contributed by atoms with E-state index in [-0.39, 0.29) is 5.75 Å². The zero-order chi connectivity index (χ0) is 23.9. The SMILES string of the molecule is Cc1cc(Oc2cccc(Oc3ccc(Cl)cc3Oc3ccccc3)c2)ccc1SCC(=O)O. The van der Waals surface area contributed by atoms with Crippen LogP contribution in [0.4, 0.5) is 0 Å². The van der Waals surface area contributed by atoms with Crippen molar-refractivity contribution >= 4 is 29.3 Å². The Kier molecular flexibility index (Phi) is 7.62. The van der Waals surface area contributed by atoms with Crippen molar-refractivity contribution in [2.75, 3.05) is 5.75 Å². The fourth-order valence-corrected chi connectivity index (χ4v) is 4.00. The van der Waals surface area contributed by atoms with Gasteiger partial charge in [0.15, 0.2) is 11.5 Å². The van der Waals surface area contributed by atoms with Crippen molar-refractivity contribution in [1.29, 1.82) is 0 Å². The van der Waals surface area contributed by atoms with Crippen LogP contribution in [0.25, 0.3) is 0 Å². The fourth-order valence-electron chi connectivity index (χ4n) is 3.11. The lowest BCUT2D eigenvalue weighted by molar-refractivity contribution is -0.133. The highest BCUT2D eigenvalue weighted by Crippen LogP contribution is 2.38. The first kappa shape index (κ1) is 23.5. The van der Waals surface area contributed by atoms with Gasteiger partial charge in [0.05, 0.1) is 5.75 Å². The molecule has 4 aromatic carbocycles. The summed E-state index contributed by atoms with van der Waals surface area (Å²) in [5.74, 6) is 2.67. The van der Waals surface area contributed by atoms with Gasteiger partial charge in [-0.1, -0.05) is 35.9 Å². The molecule has 0 saturated heterocycles. The molecular formula is C27H21ClO5S. The molecule has 0 amide bonds. The smallest absolute Gasteiger partial charge is 0.313 e. The molecule has 4 aromatic rings. The zero-order valence-electron chi connectivity index (χ0n) is 18.2. The molecule has 0 bridgehead atoms. The summed E-state index contributed by atoms with van der Waals surface area (Å²) >= 11 is 7.45. The van der Waals surface area contributed by atoms with Gasteiger partial charge in [0.1, 0.15) is 23.0 Å². The molecule has 0 spiro atoms. The minimum atomic E-state index is -0.848. The number of hydrogen-bond acceptors (Lipinski definition) is 5. The van der Waals surface area contributed by atoms with E-state index in [0.29, 0.717) is 39.5 Å². The second-order valence-corrected chi connectivity index (χ2v) is 8.75. The lowest BCUT2D eigenvalue weighted by Crippen LogP contribution is -1.98. The van der Waals surface area contributed by atoms with Crippen LogP contribution in [-0.2, 0) is 4.79 Å². The van der Waals surface area contributed by atoms with Crippen LogP contribution in [0.1, 0.15) is 5.56 Å². The van der Waals surface area contributed by atoms with Gasteiger partial charge in [-0.05, 0) is 67.1 Å². The van der Waals surface area contributed by atoms with Crippen molar-refractivity contribution < 1.29 is 24.1 Å². The topological polar surface area (TPSA) is 65.0 Å². The average Bonchev–Trinajstić information content (AvgIpc) is 2.81. The quantitative estimate of drug-likeness (QED) is 0.237. The molecule has 34 heavy (non-hydrogen) atoms. The third-order valence-corrected chi connectivity index (χ3v) is 6.04. The summed E-state index contributed by atoms with van der Waals surface area (Å²) in [4.78, 5) is 11.7. The number of ether oxygens (including phenoxy) is 3. The highest BCUT2D eigenvalue weighted by atomic mass is 35.5. The van der Waals surface area contributed by atoms with E-state index in [4.69, 9.17) is 30.9 Å². The molecule has 0 atom stereocenters. The molecule has 0 aliphatic heterocycles. The Bertz CT molecular complexity index is 1290. The summed E-state index contributed by atoms with van der Waals surface area (Å²) in [6.45, 7) is 1.92. The Hall–Kier alpha value is -3.61. The van der Waals surface area contributed by atoms with Gasteiger partial charge in [-0.25, -0.2) is 0 Å². The predicted molar refractivity (Wildman–Crippen MR) is 134 cm³/mol. The standard InChI is InChI=1S/C27H21ClO5S/c1-18-14-23(11-13-26(18)34-17-27(29)30)31-21-8-5-9-22(16-21)33-24-12-10-19(28)15-25(24)32-20-6-3-2-4-7-20/h2-16H,17H2,1H3,(H,29,30). The van der Waals surface area contributed by atoms with Gasteiger partial charge < -0.3 is 19.3 Å². The lowest BCUT2D eigenvalue weighted by Gasteiger charge is -2.14. The lowest BCUT2D eigenvalue weighted by atomic mass is 10.2. The molecule has 7 heteroatoms. The van der Waals surface area contributed by atoms with Crippen molar-refractivity contribution in [3.63, 3.8) is 0 Å². The maximum Gasteiger partial charge on any atom is 0.313 e. The molecular weight excluding hydrogens is 472 g/mol. The summed E-state index contributed by atoms with van der Waals surface area (Å²) in [7, 11) is 0. The van der Waals surface area contributed by atoms with Gasteiger partial charge in [0.2, 0.25) is 0 Å². The van der Waals surface area contributed by atoms with Crippen LogP contribution in [0.2, 0.25) is 5.02 Å². The van der Waals surface area contributed by atoms with E-state index in [1.807, 2.05) is 73.7 Å². The van der Waals surface area contributed by atoms with Crippen LogP contribution in [0.3, 0.4) is 0 Å². The Balaban J connectivity index is 1.49. The van der Waals surface area contributed by atoms with Crippen molar-refractivity contribution in [3.05, 3.63) is 102 Å². The number of rotatable bonds is 9. The molecule has 0 aromatic heterocycles. The molecule has 172 valence electrons. The predicted octanol–water partition coefficient (Wildman–Crippen LogP) is 8.20. The Labute approximate surface area is 206 Å². The van der Waals surface area contributed by atoms with Gasteiger partial charge in [0, 0.05) is 22.1 Å². The molecule has 0 heterocycles. The van der Waals surface area contributed by atoms with Gasteiger partial charge in [-0.2, -0.15) is 0 Å². The number of para-hydroxylation sites is 1. The first-order chi connectivity index (χ1) is 16.5. The van der Waals surface area contributed by atoms with Crippen molar-refractivity contribution in [2.24, 2.45) is 0 Å². The van der Waals surface area contributed by atoms with Gasteiger partial charge >= 0.3 is 5.97 Å². The van der Waals surface area contributed by atoms with E-state index in [2.05, 4.69) is 0 Å². The van der Waals surface area contributed by atoms with E-state index >= 15 is 0 Å². The maximum atomic E-state index is 10.8. The summed E-state index contributed by atoms with van der Waals surface area (Å²) in [5, 5.41) is 9.42. The number of benzene rings is 4. The summed E-state index contributed by atoms with van der Waals surface area (Å²) < 4.78 is 18.1. The molecule has 0 fully saturated rings. The second-order valence-electron chi connectivity index (χ2n) is 7.29. The van der Waals surface area contributed by atoms with Crippen molar-refractivity contribution in [1.82, 2.24) is 0 Å². The fraction of sp³-hybridized carbons (Fsp3) is 0.0741.